The number of carbonyl (C=O) groups excluding carboxylic acids is 2. The largest absolute Gasteiger partial charge is 0.508 e. The number of para-hydroxylation sites is 1. The average Bonchev–Trinajstić information content (AvgIpc) is 3.71. The molecule has 13 nitrogen and oxygen atoms in total. The van der Waals surface area contributed by atoms with E-state index in [4.69, 9.17) is 26.4 Å². The van der Waals surface area contributed by atoms with Crippen LogP contribution in [0.15, 0.2) is 47.1 Å². The minimum absolute atomic E-state index is 0.128. The standard InChI is InChI=1S/C39H51N9O4/c1-21-9-27(49)10-22(2)29(21)15-32(45-35(50)30(40)7-8-43-38(41)42)36(51)46-33(14-26-20-44-31-6-4-3-5-28(26)31)37-47-34(48-52-37)19-39-16-23-11-24(17-39)13-25(12-23)18-39/h3-6,9-10,20,23-25,30,32-33,44,49H,7-8,11-19,40H2,1-2H3,(H,45,50)(H,46,51)(H4,41,42,43)/t23?,24?,25?,30?,32?,33-,39?/m0/s1. The second-order valence-electron chi connectivity index (χ2n) is 15.8. The zero-order chi connectivity index (χ0) is 36.6. The molecule has 2 unspecified atom stereocenters. The van der Waals surface area contributed by atoms with Gasteiger partial charge in [0.15, 0.2) is 11.8 Å². The van der Waals surface area contributed by atoms with Gasteiger partial charge < -0.3 is 42.0 Å². The number of nitrogens with two attached hydrogens (primary N) is 2. The number of phenols is 1. The van der Waals surface area contributed by atoms with E-state index in [1.807, 2.05) is 44.3 Å². The summed E-state index contributed by atoms with van der Waals surface area (Å²) in [5.41, 5.74) is 16.2. The van der Waals surface area contributed by atoms with Crippen molar-refractivity contribution in [1.29, 1.82) is 5.41 Å². The van der Waals surface area contributed by atoms with Crippen LogP contribution < -0.4 is 27.4 Å². The van der Waals surface area contributed by atoms with Gasteiger partial charge in [0.2, 0.25) is 17.7 Å². The minimum Gasteiger partial charge on any atom is -0.508 e. The number of H-pyrrole nitrogens is 1. The lowest BCUT2D eigenvalue weighted by Gasteiger charge is -2.56. The molecular weight excluding hydrogens is 658 g/mol. The molecule has 2 aromatic carbocycles. The number of guanidine groups is 1. The van der Waals surface area contributed by atoms with Crippen LogP contribution in [-0.4, -0.2) is 56.6 Å². The van der Waals surface area contributed by atoms with Crippen molar-refractivity contribution in [3.05, 3.63) is 76.6 Å². The van der Waals surface area contributed by atoms with Crippen molar-refractivity contribution in [3.63, 3.8) is 0 Å². The quantitative estimate of drug-likeness (QED) is 0.0700. The number of fused-ring (bicyclic) bond motifs is 1. The van der Waals surface area contributed by atoms with Gasteiger partial charge in [0, 0.05) is 42.9 Å². The molecule has 4 fully saturated rings. The molecule has 52 heavy (non-hydrogen) atoms. The summed E-state index contributed by atoms with van der Waals surface area (Å²) in [5, 5.41) is 31.8. The van der Waals surface area contributed by atoms with Crippen LogP contribution in [0.5, 0.6) is 5.75 Å². The Labute approximate surface area is 303 Å². The molecule has 276 valence electrons. The van der Waals surface area contributed by atoms with Crippen LogP contribution in [0, 0.1) is 42.4 Å². The number of amides is 2. The van der Waals surface area contributed by atoms with E-state index in [0.29, 0.717) is 18.1 Å². The molecule has 4 saturated carbocycles. The van der Waals surface area contributed by atoms with E-state index in [0.717, 1.165) is 57.3 Å². The number of aromatic amines is 1. The number of nitrogens with one attached hydrogen (secondary N) is 5. The summed E-state index contributed by atoms with van der Waals surface area (Å²) in [7, 11) is 0. The Morgan fingerprint density at radius 2 is 1.71 bits per heavy atom. The smallest absolute Gasteiger partial charge is 0.249 e. The number of benzene rings is 2. The van der Waals surface area contributed by atoms with Crippen molar-refractivity contribution < 1.29 is 19.2 Å². The van der Waals surface area contributed by atoms with E-state index in [1.165, 1.54) is 38.5 Å². The molecule has 2 aromatic heterocycles. The molecule has 3 atom stereocenters. The Morgan fingerprint density at radius 1 is 1.04 bits per heavy atom. The molecule has 0 spiro atoms. The fourth-order valence-corrected chi connectivity index (χ4v) is 9.79. The van der Waals surface area contributed by atoms with Crippen molar-refractivity contribution in [2.24, 2.45) is 34.6 Å². The number of phenolic OH excluding ortho intramolecular Hbond substituents is 1. The highest BCUT2D eigenvalue weighted by Crippen LogP contribution is 2.60. The number of nitrogens with zero attached hydrogens (tertiary/aromatic N) is 2. The van der Waals surface area contributed by atoms with Gasteiger partial charge in [-0.05, 0) is 122 Å². The number of aromatic nitrogens is 3. The maximum Gasteiger partial charge on any atom is 0.249 e. The van der Waals surface area contributed by atoms with E-state index < -0.39 is 29.9 Å². The molecule has 4 bridgehead atoms. The first-order chi connectivity index (χ1) is 24.9. The summed E-state index contributed by atoms with van der Waals surface area (Å²) in [4.78, 5) is 36.1. The lowest BCUT2D eigenvalue weighted by atomic mass is 9.49. The van der Waals surface area contributed by atoms with Crippen LogP contribution in [0.3, 0.4) is 0 Å². The zero-order valence-electron chi connectivity index (χ0n) is 30.0. The normalized spacial score (nSPS) is 23.6. The van der Waals surface area contributed by atoms with Crippen molar-refractivity contribution in [3.8, 4) is 5.75 Å². The second-order valence-corrected chi connectivity index (χ2v) is 15.8. The third-order valence-corrected chi connectivity index (χ3v) is 11.7. The van der Waals surface area contributed by atoms with Crippen LogP contribution >= 0.6 is 0 Å². The van der Waals surface area contributed by atoms with Crippen LogP contribution in [-0.2, 0) is 28.9 Å². The fourth-order valence-electron chi connectivity index (χ4n) is 9.79. The number of hydrogen-bond donors (Lipinski definition) is 8. The summed E-state index contributed by atoms with van der Waals surface area (Å²) in [6, 6.07) is 8.63. The lowest BCUT2D eigenvalue weighted by molar-refractivity contribution is -0.130. The maximum atomic E-state index is 14.4. The maximum absolute atomic E-state index is 14.4. The zero-order valence-corrected chi connectivity index (χ0v) is 30.0. The SMILES string of the molecule is Cc1cc(O)cc(C)c1CC(NC(=O)C(N)CCNC(=N)N)C(=O)N[C@@H](Cc1c[nH]c2ccccc12)c1nc(CC23CC4CC(CC(C4)C2)C3)no1. The Morgan fingerprint density at radius 3 is 2.38 bits per heavy atom. The molecule has 0 radical (unpaired) electrons. The number of hydrogen-bond acceptors (Lipinski definition) is 8. The summed E-state index contributed by atoms with van der Waals surface area (Å²) in [6.07, 6.45) is 11.2. The Balaban J connectivity index is 1.15. The van der Waals surface area contributed by atoms with Gasteiger partial charge >= 0.3 is 0 Å². The first-order valence-corrected chi connectivity index (χ1v) is 18.5. The molecule has 4 aliphatic carbocycles. The van der Waals surface area contributed by atoms with Crippen LogP contribution in [0.25, 0.3) is 10.9 Å². The van der Waals surface area contributed by atoms with Gasteiger partial charge in [-0.1, -0.05) is 23.4 Å². The monoisotopic (exact) mass is 709 g/mol. The van der Waals surface area contributed by atoms with Crippen molar-refractivity contribution >= 4 is 28.7 Å². The minimum atomic E-state index is -1.01. The summed E-state index contributed by atoms with van der Waals surface area (Å²) >= 11 is 0. The Hall–Kier alpha value is -4.91. The first-order valence-electron chi connectivity index (χ1n) is 18.5. The van der Waals surface area contributed by atoms with E-state index in [2.05, 4.69) is 26.1 Å². The van der Waals surface area contributed by atoms with Crippen LogP contribution in [0.2, 0.25) is 0 Å². The van der Waals surface area contributed by atoms with E-state index in [9.17, 15) is 14.7 Å². The molecule has 2 heterocycles. The highest BCUT2D eigenvalue weighted by Gasteiger charge is 2.51. The molecule has 4 aromatic rings. The Kier molecular flexibility index (Phi) is 9.97. The molecule has 10 N–H and O–H groups in total. The number of aromatic hydroxyl groups is 1. The van der Waals surface area contributed by atoms with Crippen LogP contribution in [0.1, 0.15) is 85.0 Å². The van der Waals surface area contributed by atoms with Crippen molar-refractivity contribution in [2.75, 3.05) is 6.54 Å². The van der Waals surface area contributed by atoms with Gasteiger partial charge in [0.05, 0.1) is 6.04 Å². The molecule has 0 saturated heterocycles. The molecule has 13 heteroatoms. The highest BCUT2D eigenvalue weighted by atomic mass is 16.5. The number of rotatable bonds is 14. The van der Waals surface area contributed by atoms with Gasteiger partial charge in [0.25, 0.3) is 0 Å². The second kappa shape index (κ2) is 14.6. The van der Waals surface area contributed by atoms with E-state index in [-0.39, 0.29) is 36.5 Å². The van der Waals surface area contributed by atoms with Crippen molar-refractivity contribution in [2.45, 2.75) is 96.2 Å². The summed E-state index contributed by atoms with van der Waals surface area (Å²) in [6.45, 7) is 3.95. The van der Waals surface area contributed by atoms with Gasteiger partial charge in [-0.3, -0.25) is 15.0 Å². The predicted molar refractivity (Wildman–Crippen MR) is 197 cm³/mol. The molecule has 8 rings (SSSR count). The molecule has 0 aliphatic heterocycles. The van der Waals surface area contributed by atoms with E-state index in [1.54, 1.807) is 12.1 Å². The number of aryl methyl sites for hydroxylation is 2. The number of carbonyl (C=O) groups is 2. The topological polar surface area (TPSA) is 221 Å². The highest BCUT2D eigenvalue weighted by molar-refractivity contribution is 5.90. The van der Waals surface area contributed by atoms with E-state index >= 15 is 0 Å². The summed E-state index contributed by atoms with van der Waals surface area (Å²) < 4.78 is 5.98. The third kappa shape index (κ3) is 7.79. The first kappa shape index (κ1) is 35.5. The van der Waals surface area contributed by atoms with Gasteiger partial charge in [-0.2, -0.15) is 4.98 Å². The Bertz CT molecular complexity index is 1890. The molecular formula is C39H51N9O4. The van der Waals surface area contributed by atoms with Gasteiger partial charge in [0.1, 0.15) is 17.8 Å². The average molecular weight is 710 g/mol. The van der Waals surface area contributed by atoms with Crippen molar-refractivity contribution in [1.82, 2.24) is 31.1 Å². The van der Waals surface area contributed by atoms with Crippen LogP contribution in [0.4, 0.5) is 0 Å². The van der Waals surface area contributed by atoms with Gasteiger partial charge in [-0.25, -0.2) is 0 Å². The van der Waals surface area contributed by atoms with Gasteiger partial charge in [-0.15, -0.1) is 0 Å². The lowest BCUT2D eigenvalue weighted by Crippen LogP contribution is -2.53. The molecule has 4 aliphatic rings. The summed E-state index contributed by atoms with van der Waals surface area (Å²) in [5.74, 6) is 2.39. The predicted octanol–water partition coefficient (Wildman–Crippen LogP) is 3.96. The fraction of sp³-hybridized carbons (Fsp3) is 0.513. The molecule has 2 amide bonds. The third-order valence-electron chi connectivity index (χ3n) is 11.7.